The predicted octanol–water partition coefficient (Wildman–Crippen LogP) is 13.0. The van der Waals surface area contributed by atoms with Crippen molar-refractivity contribution >= 4 is 35.8 Å². The van der Waals surface area contributed by atoms with Crippen LogP contribution in [0, 0.1) is 0 Å². The molecule has 0 radical (unpaired) electrons. The summed E-state index contributed by atoms with van der Waals surface area (Å²) in [6.07, 6.45) is 3.41. The Hall–Kier alpha value is -7.50. The number of phenols is 2. The zero-order chi connectivity index (χ0) is 52.6. The van der Waals surface area contributed by atoms with Gasteiger partial charge in [0.25, 0.3) is 0 Å². The van der Waals surface area contributed by atoms with E-state index in [-0.39, 0.29) is 48.1 Å². The lowest BCUT2D eigenvalue weighted by Gasteiger charge is -2.27. The van der Waals surface area contributed by atoms with E-state index in [2.05, 4.69) is 93.3 Å². The summed E-state index contributed by atoms with van der Waals surface area (Å²) in [6, 6.07) is 34.3. The molecule has 0 saturated heterocycles. The van der Waals surface area contributed by atoms with Gasteiger partial charge in [-0.05, 0) is 80.3 Å². The van der Waals surface area contributed by atoms with Crippen molar-refractivity contribution in [1.29, 1.82) is 0 Å². The van der Waals surface area contributed by atoms with E-state index in [1.807, 2.05) is 97.1 Å². The summed E-state index contributed by atoms with van der Waals surface area (Å²) in [6.45, 7) is 25.0. The maximum absolute atomic E-state index is 13.7. The Morgan fingerprint density at radius 2 is 0.753 bits per heavy atom. The Labute approximate surface area is 429 Å². The largest absolute Gasteiger partial charge is 0.507 e. The van der Waals surface area contributed by atoms with Crippen LogP contribution in [0.15, 0.2) is 130 Å². The van der Waals surface area contributed by atoms with Crippen molar-refractivity contribution in [1.82, 2.24) is 0 Å². The molecule has 0 bridgehead atoms. The summed E-state index contributed by atoms with van der Waals surface area (Å²) < 4.78 is 17.2. The summed E-state index contributed by atoms with van der Waals surface area (Å²) in [5, 5.41) is 40.9. The first-order valence-corrected chi connectivity index (χ1v) is 24.8. The number of ether oxygens (including phenoxy) is 3. The highest BCUT2D eigenvalue weighted by atomic mass is 16.6. The van der Waals surface area contributed by atoms with Crippen molar-refractivity contribution < 1.29 is 34.0 Å². The summed E-state index contributed by atoms with van der Waals surface area (Å²) in [7, 11) is 0. The monoisotopic (exact) mass is 978 g/mol. The maximum Gasteiger partial charge on any atom is 0.338 e. The van der Waals surface area contributed by atoms with Crippen LogP contribution in [0.5, 0.6) is 11.5 Å². The van der Waals surface area contributed by atoms with Crippen LogP contribution in [0.4, 0.5) is 0 Å². The number of hydrogen-bond donors (Lipinski definition) is 2. The van der Waals surface area contributed by atoms with Crippen LogP contribution in [0.2, 0.25) is 0 Å². The number of fused-ring (bicyclic) bond motifs is 6. The lowest BCUT2D eigenvalue weighted by molar-refractivity contribution is 0.0151. The SMILES string of the molecule is CC(C)(C)c1cc(C=NN=C2c3ccccc3-c3c(C(=O)OCCOCCOC(=O)c4cccc5c4-c4ccccc4C5=NN=Cc4cc(C(C)(C)C)c(O)c(C(C)(C)C)c4)cccc32)cc(C(C)(C)C)c1O. The molecule has 6 aromatic rings. The molecule has 0 atom stereocenters. The van der Waals surface area contributed by atoms with Gasteiger partial charge in [0.15, 0.2) is 0 Å². The number of carbonyl (C=O) groups excluding carboxylic acids is 2. The van der Waals surface area contributed by atoms with E-state index in [1.54, 1.807) is 24.6 Å². The van der Waals surface area contributed by atoms with Gasteiger partial charge in [-0.1, -0.05) is 156 Å². The minimum atomic E-state index is -0.503. The molecule has 0 fully saturated rings. The zero-order valence-corrected chi connectivity index (χ0v) is 44.1. The smallest absolute Gasteiger partial charge is 0.338 e. The van der Waals surface area contributed by atoms with Gasteiger partial charge in [-0.3, -0.25) is 0 Å². The van der Waals surface area contributed by atoms with Crippen molar-refractivity contribution in [3.8, 4) is 33.8 Å². The molecule has 2 aliphatic carbocycles. The second kappa shape index (κ2) is 20.2. The number of rotatable bonds is 12. The molecule has 11 nitrogen and oxygen atoms in total. The summed E-state index contributed by atoms with van der Waals surface area (Å²) in [4.78, 5) is 27.3. The van der Waals surface area contributed by atoms with Gasteiger partial charge in [-0.15, -0.1) is 10.2 Å². The van der Waals surface area contributed by atoms with Crippen molar-refractivity contribution in [2.24, 2.45) is 20.4 Å². The van der Waals surface area contributed by atoms with Crippen LogP contribution in [-0.2, 0) is 35.9 Å². The Bertz CT molecular complexity index is 2970. The molecule has 0 aromatic heterocycles. The first-order chi connectivity index (χ1) is 34.4. The summed E-state index contributed by atoms with van der Waals surface area (Å²) in [5.74, 6) is -0.405. The number of carbonyl (C=O) groups is 2. The van der Waals surface area contributed by atoms with Crippen molar-refractivity contribution in [3.63, 3.8) is 0 Å². The lowest BCUT2D eigenvalue weighted by atomic mass is 9.78. The molecule has 0 unspecified atom stereocenters. The maximum atomic E-state index is 13.7. The first-order valence-electron chi connectivity index (χ1n) is 24.8. The molecule has 6 aromatic carbocycles. The minimum Gasteiger partial charge on any atom is -0.507 e. The number of nitrogens with zero attached hydrogens (tertiary/aromatic N) is 4. The van der Waals surface area contributed by atoms with Crippen molar-refractivity contribution in [2.75, 3.05) is 26.4 Å². The zero-order valence-electron chi connectivity index (χ0n) is 44.1. The van der Waals surface area contributed by atoms with Gasteiger partial charge in [-0.2, -0.15) is 10.2 Å². The van der Waals surface area contributed by atoms with Crippen LogP contribution in [0.1, 0.15) is 159 Å². The normalized spacial score (nSPS) is 14.5. The van der Waals surface area contributed by atoms with E-state index >= 15 is 0 Å². The molecule has 0 saturated carbocycles. The molecule has 0 amide bonds. The highest BCUT2D eigenvalue weighted by Crippen LogP contribution is 2.43. The molecule has 73 heavy (non-hydrogen) atoms. The van der Waals surface area contributed by atoms with E-state index < -0.39 is 11.9 Å². The second-order valence-electron chi connectivity index (χ2n) is 22.7. The summed E-state index contributed by atoms with van der Waals surface area (Å²) >= 11 is 0. The van der Waals surface area contributed by atoms with Gasteiger partial charge >= 0.3 is 11.9 Å². The van der Waals surface area contributed by atoms with Gasteiger partial charge in [0.1, 0.15) is 36.1 Å². The Kier molecular flexibility index (Phi) is 14.3. The quantitative estimate of drug-likeness (QED) is 0.0535. The fourth-order valence-corrected chi connectivity index (χ4v) is 9.44. The number of aromatic hydroxyl groups is 2. The topological polar surface area (TPSA) is 152 Å². The van der Waals surface area contributed by atoms with E-state index in [0.29, 0.717) is 34.0 Å². The molecular formula is C62H66N4O7. The average Bonchev–Trinajstić information content (AvgIpc) is 3.82. The number of benzene rings is 6. The first kappa shape index (κ1) is 51.8. The molecule has 0 spiro atoms. The molecule has 11 heteroatoms. The Balaban J connectivity index is 0.903. The predicted molar refractivity (Wildman–Crippen MR) is 293 cm³/mol. The van der Waals surface area contributed by atoms with E-state index in [1.165, 1.54) is 0 Å². The standard InChI is InChI=1S/C62H66N4O7/c1-59(2,3)47-31-37(32-48(55(47)67)60(4,5)6)35-63-65-53-41-21-15-13-19-39(41)51-43(53)23-17-25-45(51)57(69)72-29-27-71-28-30-73-58(70)46-26-18-24-44-52(46)40-20-14-16-22-42(40)54(44)66-64-36-38-33-49(61(7,8)9)56(68)50(34-38)62(10,11)12/h13-26,31-36,67-68H,27-30H2,1-12H3. The minimum absolute atomic E-state index is 0.0150. The highest BCUT2D eigenvalue weighted by Gasteiger charge is 2.33. The number of phenolic OH excluding ortho intramolecular Hbond substituents is 2. The lowest BCUT2D eigenvalue weighted by Crippen LogP contribution is -2.17. The third-order valence-corrected chi connectivity index (χ3v) is 13.1. The van der Waals surface area contributed by atoms with Crippen LogP contribution >= 0.6 is 0 Å². The average molecular weight is 979 g/mol. The van der Waals surface area contributed by atoms with Gasteiger partial charge in [0, 0.05) is 55.6 Å². The third-order valence-electron chi connectivity index (χ3n) is 13.1. The van der Waals surface area contributed by atoms with Crippen LogP contribution < -0.4 is 0 Å². The molecule has 0 heterocycles. The molecular weight excluding hydrogens is 913 g/mol. The Morgan fingerprint density at radius 1 is 0.438 bits per heavy atom. The van der Waals surface area contributed by atoms with E-state index in [4.69, 9.17) is 24.4 Å². The molecule has 376 valence electrons. The molecule has 0 aliphatic heterocycles. The van der Waals surface area contributed by atoms with Gasteiger partial charge in [0.05, 0.1) is 36.8 Å². The van der Waals surface area contributed by atoms with Crippen molar-refractivity contribution in [2.45, 2.75) is 105 Å². The van der Waals surface area contributed by atoms with Gasteiger partial charge < -0.3 is 24.4 Å². The molecule has 8 rings (SSSR count). The summed E-state index contributed by atoms with van der Waals surface area (Å²) in [5.41, 5.74) is 12.3. The van der Waals surface area contributed by atoms with Crippen LogP contribution in [0.3, 0.4) is 0 Å². The second-order valence-corrected chi connectivity index (χ2v) is 22.7. The van der Waals surface area contributed by atoms with E-state index in [9.17, 15) is 19.8 Å². The fourth-order valence-electron chi connectivity index (χ4n) is 9.44. The number of hydrogen-bond acceptors (Lipinski definition) is 11. The van der Waals surface area contributed by atoms with Gasteiger partial charge in [0.2, 0.25) is 0 Å². The highest BCUT2D eigenvalue weighted by molar-refractivity contribution is 6.27. The van der Waals surface area contributed by atoms with Crippen LogP contribution in [-0.4, -0.2) is 72.4 Å². The van der Waals surface area contributed by atoms with E-state index in [0.717, 1.165) is 77.9 Å². The molecule has 2 N–H and O–H groups in total. The third kappa shape index (κ3) is 10.8. The Morgan fingerprint density at radius 3 is 1.08 bits per heavy atom. The van der Waals surface area contributed by atoms with Crippen molar-refractivity contribution in [3.05, 3.63) is 176 Å². The number of esters is 2. The fraction of sp³-hybridized carbons (Fsp3) is 0.323. The van der Waals surface area contributed by atoms with Crippen LogP contribution in [0.25, 0.3) is 22.3 Å². The molecule has 2 aliphatic rings. The van der Waals surface area contributed by atoms with Gasteiger partial charge in [-0.25, -0.2) is 9.59 Å².